The Balaban J connectivity index is 0.00000320. The molecule has 1 N–H and O–H groups in total. The predicted molar refractivity (Wildman–Crippen MR) is 125 cm³/mol. The molecule has 168 valence electrons. The summed E-state index contributed by atoms with van der Waals surface area (Å²) in [7, 11) is 0. The lowest BCUT2D eigenvalue weighted by Crippen LogP contribution is -2.55. The lowest BCUT2D eigenvalue weighted by Gasteiger charge is -2.37. The van der Waals surface area contributed by atoms with E-state index in [1.54, 1.807) is 18.2 Å². The van der Waals surface area contributed by atoms with E-state index < -0.39 is 0 Å². The van der Waals surface area contributed by atoms with E-state index in [1.165, 1.54) is 6.07 Å². The van der Waals surface area contributed by atoms with E-state index in [1.807, 2.05) is 18.7 Å². The summed E-state index contributed by atoms with van der Waals surface area (Å²) in [5.41, 5.74) is 0. The van der Waals surface area contributed by atoms with Crippen molar-refractivity contribution in [1.29, 1.82) is 0 Å². The highest BCUT2D eigenvalue weighted by molar-refractivity contribution is 14.0. The van der Waals surface area contributed by atoms with Crippen molar-refractivity contribution in [2.24, 2.45) is 4.99 Å². The molecule has 1 aromatic rings. The molecule has 1 aromatic carbocycles. The Kier molecular flexibility index (Phi) is 10.1. The standard InChI is InChI=1S/C21H31FN4O3.HI/c1-3-23-21(24-15-16(2)29-18-8-5-4-7-17(18)22)26-12-10-25(11-13-26)20(27)19-9-6-14-28-19;/h4-5,7-8,16,19H,3,6,9-15H2,1-2H3,(H,23,24);1H. The quantitative estimate of drug-likeness (QED) is 0.345. The number of aliphatic imine (C=N–C) groups is 1. The average molecular weight is 534 g/mol. The number of amides is 1. The Morgan fingerprint density at radius 2 is 2.00 bits per heavy atom. The molecular weight excluding hydrogens is 502 g/mol. The van der Waals surface area contributed by atoms with Crippen molar-refractivity contribution in [3.63, 3.8) is 0 Å². The summed E-state index contributed by atoms with van der Waals surface area (Å²) in [5.74, 6) is 0.764. The summed E-state index contributed by atoms with van der Waals surface area (Å²) in [6, 6.07) is 6.38. The summed E-state index contributed by atoms with van der Waals surface area (Å²) in [6.45, 7) is 8.47. The molecule has 0 bridgehead atoms. The van der Waals surface area contributed by atoms with Crippen LogP contribution in [0.15, 0.2) is 29.3 Å². The van der Waals surface area contributed by atoms with Gasteiger partial charge in [-0.15, -0.1) is 24.0 Å². The van der Waals surface area contributed by atoms with Gasteiger partial charge >= 0.3 is 0 Å². The number of carbonyl (C=O) groups is 1. The third-order valence-corrected chi connectivity index (χ3v) is 5.09. The second-order valence-corrected chi connectivity index (χ2v) is 7.37. The van der Waals surface area contributed by atoms with Gasteiger partial charge in [-0.25, -0.2) is 9.38 Å². The van der Waals surface area contributed by atoms with Crippen LogP contribution in [-0.4, -0.2) is 79.7 Å². The Bertz CT molecular complexity index is 707. The number of ether oxygens (including phenoxy) is 2. The van der Waals surface area contributed by atoms with E-state index in [4.69, 9.17) is 9.47 Å². The number of para-hydroxylation sites is 1. The lowest BCUT2D eigenvalue weighted by molar-refractivity contribution is -0.142. The van der Waals surface area contributed by atoms with Crippen LogP contribution in [0.4, 0.5) is 4.39 Å². The Morgan fingerprint density at radius 3 is 2.63 bits per heavy atom. The topological polar surface area (TPSA) is 66.4 Å². The van der Waals surface area contributed by atoms with E-state index >= 15 is 0 Å². The van der Waals surface area contributed by atoms with Crippen LogP contribution in [0, 0.1) is 5.82 Å². The fraction of sp³-hybridized carbons (Fsp3) is 0.619. The first-order valence-corrected chi connectivity index (χ1v) is 10.4. The van der Waals surface area contributed by atoms with Crippen LogP contribution in [0.2, 0.25) is 0 Å². The van der Waals surface area contributed by atoms with Crippen LogP contribution in [0.3, 0.4) is 0 Å². The molecule has 0 aliphatic carbocycles. The molecule has 2 unspecified atom stereocenters. The first-order valence-electron chi connectivity index (χ1n) is 10.4. The number of halogens is 2. The molecule has 3 rings (SSSR count). The average Bonchev–Trinajstić information content (AvgIpc) is 3.27. The zero-order chi connectivity index (χ0) is 20.6. The smallest absolute Gasteiger partial charge is 0.251 e. The molecular formula is C21H32FIN4O3. The normalized spacial score (nSPS) is 20.5. The molecule has 1 amide bonds. The number of hydrogen-bond donors (Lipinski definition) is 1. The number of hydrogen-bond acceptors (Lipinski definition) is 4. The minimum absolute atomic E-state index is 0. The van der Waals surface area contributed by atoms with Gasteiger partial charge in [-0.3, -0.25) is 4.79 Å². The SMILES string of the molecule is CCNC(=NCC(C)Oc1ccccc1F)N1CCN(C(=O)C2CCCO2)CC1.I. The fourth-order valence-corrected chi connectivity index (χ4v) is 3.55. The van der Waals surface area contributed by atoms with Crippen LogP contribution >= 0.6 is 24.0 Å². The van der Waals surface area contributed by atoms with Crippen molar-refractivity contribution in [2.75, 3.05) is 45.9 Å². The molecule has 7 nitrogen and oxygen atoms in total. The first kappa shape index (κ1) is 24.6. The Morgan fingerprint density at radius 1 is 1.30 bits per heavy atom. The maximum Gasteiger partial charge on any atom is 0.251 e. The van der Waals surface area contributed by atoms with Crippen LogP contribution < -0.4 is 10.1 Å². The highest BCUT2D eigenvalue weighted by atomic mass is 127. The molecule has 2 heterocycles. The number of nitrogens with one attached hydrogen (secondary N) is 1. The molecule has 30 heavy (non-hydrogen) atoms. The zero-order valence-corrected chi connectivity index (χ0v) is 20.0. The number of nitrogens with zero attached hydrogens (tertiary/aromatic N) is 3. The minimum atomic E-state index is -0.373. The van der Waals surface area contributed by atoms with Gasteiger partial charge in [0.2, 0.25) is 0 Å². The van der Waals surface area contributed by atoms with E-state index in [0.29, 0.717) is 39.3 Å². The first-order chi connectivity index (χ1) is 14.1. The van der Waals surface area contributed by atoms with E-state index in [0.717, 1.165) is 25.3 Å². The third kappa shape index (κ3) is 6.69. The largest absolute Gasteiger partial charge is 0.486 e. The van der Waals surface area contributed by atoms with E-state index in [9.17, 15) is 9.18 Å². The van der Waals surface area contributed by atoms with E-state index in [2.05, 4.69) is 15.2 Å². The summed E-state index contributed by atoms with van der Waals surface area (Å²) >= 11 is 0. The number of carbonyl (C=O) groups excluding carboxylic acids is 1. The van der Waals surface area contributed by atoms with Gasteiger partial charge in [-0.1, -0.05) is 12.1 Å². The van der Waals surface area contributed by atoms with E-state index in [-0.39, 0.29) is 53.7 Å². The zero-order valence-electron chi connectivity index (χ0n) is 17.7. The monoisotopic (exact) mass is 534 g/mol. The van der Waals surface area contributed by atoms with Gasteiger partial charge in [0.25, 0.3) is 5.91 Å². The molecule has 0 saturated carbocycles. The molecule has 0 spiro atoms. The minimum Gasteiger partial charge on any atom is -0.486 e. The van der Waals surface area contributed by atoms with Crippen molar-refractivity contribution in [3.8, 4) is 5.75 Å². The van der Waals surface area contributed by atoms with Gasteiger partial charge < -0.3 is 24.6 Å². The number of piperazine rings is 1. The summed E-state index contributed by atoms with van der Waals surface area (Å²) in [5, 5.41) is 3.30. The number of benzene rings is 1. The summed E-state index contributed by atoms with van der Waals surface area (Å²) in [4.78, 5) is 21.2. The van der Waals surface area contributed by atoms with Crippen LogP contribution in [0.25, 0.3) is 0 Å². The van der Waals surface area contributed by atoms with Crippen LogP contribution in [0.5, 0.6) is 5.75 Å². The van der Waals surface area contributed by atoms with Crippen molar-refractivity contribution in [2.45, 2.75) is 38.9 Å². The van der Waals surface area contributed by atoms with Crippen LogP contribution in [-0.2, 0) is 9.53 Å². The van der Waals surface area contributed by atoms with Crippen molar-refractivity contribution < 1.29 is 18.7 Å². The van der Waals surface area contributed by atoms with Gasteiger partial charge in [0, 0.05) is 39.3 Å². The fourth-order valence-electron chi connectivity index (χ4n) is 3.55. The highest BCUT2D eigenvalue weighted by Crippen LogP contribution is 2.18. The summed E-state index contributed by atoms with van der Waals surface area (Å²) < 4.78 is 24.9. The molecule has 0 aromatic heterocycles. The maximum atomic E-state index is 13.8. The molecule has 2 aliphatic rings. The molecule has 0 radical (unpaired) electrons. The number of guanidine groups is 1. The summed E-state index contributed by atoms with van der Waals surface area (Å²) in [6.07, 6.45) is 1.26. The second-order valence-electron chi connectivity index (χ2n) is 7.37. The van der Waals surface area contributed by atoms with Crippen molar-refractivity contribution >= 4 is 35.8 Å². The Hall–Kier alpha value is -1.62. The molecule has 2 fully saturated rings. The number of rotatable bonds is 6. The van der Waals surface area contributed by atoms with Gasteiger partial charge in [0.1, 0.15) is 12.2 Å². The second kappa shape index (κ2) is 12.3. The van der Waals surface area contributed by atoms with Gasteiger partial charge in [0.15, 0.2) is 17.5 Å². The molecule has 2 aliphatic heterocycles. The van der Waals surface area contributed by atoms with Crippen molar-refractivity contribution in [3.05, 3.63) is 30.1 Å². The molecule has 2 atom stereocenters. The Labute approximate surface area is 195 Å². The predicted octanol–water partition coefficient (Wildman–Crippen LogP) is 2.50. The maximum absolute atomic E-state index is 13.8. The molecule has 2 saturated heterocycles. The van der Waals surface area contributed by atoms with Crippen molar-refractivity contribution in [1.82, 2.24) is 15.1 Å². The van der Waals surface area contributed by atoms with Crippen LogP contribution in [0.1, 0.15) is 26.7 Å². The molecule has 9 heteroatoms. The lowest BCUT2D eigenvalue weighted by atomic mass is 10.2. The van der Waals surface area contributed by atoms with Gasteiger partial charge in [0.05, 0.1) is 6.54 Å². The van der Waals surface area contributed by atoms with Gasteiger partial charge in [-0.2, -0.15) is 0 Å². The highest BCUT2D eigenvalue weighted by Gasteiger charge is 2.30. The van der Waals surface area contributed by atoms with Gasteiger partial charge in [-0.05, 0) is 38.8 Å². The third-order valence-electron chi connectivity index (χ3n) is 5.09.